The number of para-hydroxylation sites is 1. The fraction of sp³-hybridized carbons (Fsp3) is 0.0833. The van der Waals surface area contributed by atoms with E-state index in [1.807, 2.05) is 36.4 Å². The van der Waals surface area contributed by atoms with E-state index in [4.69, 9.17) is 16.3 Å². The molecule has 82 valence electrons. The number of nitrogens with zero attached hydrogens (tertiary/aromatic N) is 4. The van der Waals surface area contributed by atoms with E-state index in [2.05, 4.69) is 4.98 Å². The number of imidazole rings is 1. The summed E-state index contributed by atoms with van der Waals surface area (Å²) in [6.07, 6.45) is 1.46. The highest BCUT2D eigenvalue weighted by Crippen LogP contribution is 2.17. The van der Waals surface area contributed by atoms with E-state index in [1.54, 1.807) is 4.57 Å². The Kier molecular flexibility index (Phi) is 2.87. The number of rotatable bonds is 2. The van der Waals surface area contributed by atoms with E-state index in [0.717, 1.165) is 11.3 Å². The lowest BCUT2D eigenvalue weighted by molar-refractivity contribution is 0.971. The van der Waals surface area contributed by atoms with Crippen LogP contribution >= 0.6 is 0 Å². The predicted octanol–water partition coefficient (Wildman–Crippen LogP) is 1.07. The number of benzene rings is 1. The number of hydrogen-bond acceptors (Lipinski definition) is 4. The van der Waals surface area contributed by atoms with Crippen molar-refractivity contribution in [1.82, 2.24) is 9.55 Å². The number of hydrogen-bond donors (Lipinski definition) is 1. The maximum Gasteiger partial charge on any atom is 0.177 e. The monoisotopic (exact) mass is 223 g/mol. The van der Waals surface area contributed by atoms with Gasteiger partial charge in [-0.3, -0.25) is 4.57 Å². The molecule has 17 heavy (non-hydrogen) atoms. The molecule has 2 N–H and O–H groups in total. The average molecular weight is 223 g/mol. The Balaban J connectivity index is 2.66. The first kappa shape index (κ1) is 10.9. The summed E-state index contributed by atoms with van der Waals surface area (Å²) in [5, 5.41) is 17.9. The van der Waals surface area contributed by atoms with Gasteiger partial charge in [-0.25, -0.2) is 4.98 Å². The molecule has 0 aliphatic rings. The van der Waals surface area contributed by atoms with Crippen molar-refractivity contribution in [2.24, 2.45) is 5.73 Å². The molecule has 0 unspecified atom stereocenters. The Morgan fingerprint density at radius 1 is 1.24 bits per heavy atom. The molecule has 5 heteroatoms. The molecular weight excluding hydrogens is 214 g/mol. The Bertz CT molecular complexity index is 627. The van der Waals surface area contributed by atoms with Gasteiger partial charge in [0.25, 0.3) is 0 Å². The highest BCUT2D eigenvalue weighted by molar-refractivity contribution is 5.48. The van der Waals surface area contributed by atoms with Crippen molar-refractivity contribution in [2.45, 2.75) is 6.54 Å². The highest BCUT2D eigenvalue weighted by Gasteiger charge is 2.12. The maximum atomic E-state index is 9.05. The molecule has 2 aromatic rings. The highest BCUT2D eigenvalue weighted by atomic mass is 15.1. The summed E-state index contributed by atoms with van der Waals surface area (Å²) in [4.78, 5) is 3.90. The maximum absolute atomic E-state index is 9.05. The molecule has 1 aromatic carbocycles. The smallest absolute Gasteiger partial charge is 0.177 e. The van der Waals surface area contributed by atoms with Crippen LogP contribution in [0.5, 0.6) is 0 Å². The van der Waals surface area contributed by atoms with Crippen LogP contribution in [0, 0.1) is 22.7 Å². The normalized spacial score (nSPS) is 9.59. The summed E-state index contributed by atoms with van der Waals surface area (Å²) in [6, 6.07) is 11.3. The summed E-state index contributed by atoms with van der Waals surface area (Å²) in [7, 11) is 0. The SMILES string of the molecule is N#Cc1ncn(-c2ccccc2CN)c1C#N. The van der Waals surface area contributed by atoms with Gasteiger partial charge in [0.1, 0.15) is 18.5 Å². The van der Waals surface area contributed by atoms with E-state index in [9.17, 15) is 0 Å². The van der Waals surface area contributed by atoms with Gasteiger partial charge in [-0.1, -0.05) is 18.2 Å². The minimum Gasteiger partial charge on any atom is -0.326 e. The van der Waals surface area contributed by atoms with E-state index < -0.39 is 0 Å². The first-order valence-electron chi connectivity index (χ1n) is 4.97. The first-order valence-corrected chi connectivity index (χ1v) is 4.97. The summed E-state index contributed by atoms with van der Waals surface area (Å²) in [5.41, 5.74) is 7.66. The second kappa shape index (κ2) is 4.48. The van der Waals surface area contributed by atoms with Crippen LogP contribution in [0.25, 0.3) is 5.69 Å². The van der Waals surface area contributed by atoms with Crippen LogP contribution in [0.2, 0.25) is 0 Å². The molecule has 0 atom stereocenters. The molecule has 0 radical (unpaired) electrons. The molecule has 1 heterocycles. The molecule has 1 aromatic heterocycles. The van der Waals surface area contributed by atoms with Crippen molar-refractivity contribution in [3.63, 3.8) is 0 Å². The van der Waals surface area contributed by atoms with Crippen LogP contribution in [0.1, 0.15) is 17.0 Å². The van der Waals surface area contributed by atoms with Gasteiger partial charge in [-0.05, 0) is 11.6 Å². The zero-order chi connectivity index (χ0) is 12.3. The molecule has 0 fully saturated rings. The molecule has 0 aliphatic heterocycles. The Hall–Kier alpha value is -2.63. The Morgan fingerprint density at radius 3 is 2.65 bits per heavy atom. The summed E-state index contributed by atoms with van der Waals surface area (Å²) in [6.45, 7) is 0.362. The van der Waals surface area contributed by atoms with Crippen molar-refractivity contribution in [1.29, 1.82) is 10.5 Å². The Labute approximate surface area is 98.3 Å². The molecule has 0 spiro atoms. The van der Waals surface area contributed by atoms with Gasteiger partial charge in [0.2, 0.25) is 0 Å². The fourth-order valence-electron chi connectivity index (χ4n) is 1.64. The van der Waals surface area contributed by atoms with Gasteiger partial charge < -0.3 is 5.73 Å². The van der Waals surface area contributed by atoms with Crippen LogP contribution in [-0.4, -0.2) is 9.55 Å². The second-order valence-corrected chi connectivity index (χ2v) is 3.37. The molecular formula is C12H9N5. The topological polar surface area (TPSA) is 91.4 Å². The van der Waals surface area contributed by atoms with Gasteiger partial charge in [-0.2, -0.15) is 10.5 Å². The van der Waals surface area contributed by atoms with Crippen LogP contribution in [0.3, 0.4) is 0 Å². The second-order valence-electron chi connectivity index (χ2n) is 3.37. The van der Waals surface area contributed by atoms with Gasteiger partial charge in [-0.15, -0.1) is 0 Å². The van der Waals surface area contributed by atoms with Crippen LogP contribution < -0.4 is 5.73 Å². The molecule has 0 saturated carbocycles. The van der Waals surface area contributed by atoms with E-state index in [-0.39, 0.29) is 11.4 Å². The van der Waals surface area contributed by atoms with E-state index in [1.165, 1.54) is 6.33 Å². The molecule has 0 amide bonds. The molecule has 5 nitrogen and oxygen atoms in total. The van der Waals surface area contributed by atoms with E-state index >= 15 is 0 Å². The summed E-state index contributed by atoms with van der Waals surface area (Å²) < 4.78 is 1.58. The lowest BCUT2D eigenvalue weighted by atomic mass is 10.1. The largest absolute Gasteiger partial charge is 0.326 e. The molecule has 2 rings (SSSR count). The summed E-state index contributed by atoms with van der Waals surface area (Å²) in [5.74, 6) is 0. The van der Waals surface area contributed by atoms with Crippen molar-refractivity contribution in [3.8, 4) is 17.8 Å². The van der Waals surface area contributed by atoms with Crippen molar-refractivity contribution in [2.75, 3.05) is 0 Å². The lowest BCUT2D eigenvalue weighted by Crippen LogP contribution is -2.05. The van der Waals surface area contributed by atoms with Crippen molar-refractivity contribution < 1.29 is 0 Å². The molecule has 0 bridgehead atoms. The van der Waals surface area contributed by atoms with Gasteiger partial charge in [0.15, 0.2) is 11.4 Å². The van der Waals surface area contributed by atoms with Crippen molar-refractivity contribution >= 4 is 0 Å². The standard InChI is InChI=1S/C12H9N5/c13-5-9-3-1-2-4-11(9)17-8-16-10(6-14)12(17)7-15/h1-4,8H,5,13H2. The minimum atomic E-state index is 0.124. The minimum absolute atomic E-state index is 0.124. The van der Waals surface area contributed by atoms with Gasteiger partial charge in [0, 0.05) is 6.54 Å². The summed E-state index contributed by atoms with van der Waals surface area (Å²) >= 11 is 0. The third kappa shape index (κ3) is 1.76. The van der Waals surface area contributed by atoms with Gasteiger partial charge in [0.05, 0.1) is 5.69 Å². The third-order valence-electron chi connectivity index (χ3n) is 2.45. The third-order valence-corrected chi connectivity index (χ3v) is 2.45. The molecule has 0 aliphatic carbocycles. The zero-order valence-corrected chi connectivity index (χ0v) is 8.96. The average Bonchev–Trinajstić information content (AvgIpc) is 2.81. The van der Waals surface area contributed by atoms with Crippen LogP contribution in [-0.2, 0) is 6.54 Å². The Morgan fingerprint density at radius 2 is 2.00 bits per heavy atom. The van der Waals surface area contributed by atoms with Crippen LogP contribution in [0.4, 0.5) is 0 Å². The predicted molar refractivity (Wildman–Crippen MR) is 60.9 cm³/mol. The quantitative estimate of drug-likeness (QED) is 0.824. The van der Waals surface area contributed by atoms with E-state index in [0.29, 0.717) is 6.54 Å². The number of nitriles is 2. The van der Waals surface area contributed by atoms with Crippen LogP contribution in [0.15, 0.2) is 30.6 Å². The van der Waals surface area contributed by atoms with Gasteiger partial charge >= 0.3 is 0 Å². The van der Waals surface area contributed by atoms with Crippen molar-refractivity contribution in [3.05, 3.63) is 47.5 Å². The number of aromatic nitrogens is 2. The number of nitrogens with two attached hydrogens (primary N) is 1. The lowest BCUT2D eigenvalue weighted by Gasteiger charge is -2.08. The molecule has 0 saturated heterocycles. The zero-order valence-electron chi connectivity index (χ0n) is 8.96. The first-order chi connectivity index (χ1) is 8.31. The fourth-order valence-corrected chi connectivity index (χ4v) is 1.64.